The number of rotatable bonds is 4. The molecule has 0 amide bonds. The monoisotopic (exact) mass is 351 g/mol. The molecule has 5 nitrogen and oxygen atoms in total. The molecule has 0 saturated carbocycles. The lowest BCUT2D eigenvalue weighted by molar-refractivity contribution is 0.570. The summed E-state index contributed by atoms with van der Waals surface area (Å²) in [5, 5.41) is 4.19. The van der Waals surface area contributed by atoms with E-state index in [2.05, 4.69) is 9.82 Å². The zero-order chi connectivity index (χ0) is 16.4. The Bertz CT molecular complexity index is 943. The van der Waals surface area contributed by atoms with Crippen LogP contribution in [-0.2, 0) is 10.0 Å². The van der Waals surface area contributed by atoms with E-state index >= 15 is 0 Å². The summed E-state index contributed by atoms with van der Waals surface area (Å²) in [7, 11) is -4.10. The van der Waals surface area contributed by atoms with E-state index in [-0.39, 0.29) is 10.7 Å². The van der Waals surface area contributed by atoms with Crippen LogP contribution in [-0.4, -0.2) is 18.2 Å². The number of hydrogen-bond donors (Lipinski definition) is 1. The van der Waals surface area contributed by atoms with Crippen molar-refractivity contribution >= 4 is 27.3 Å². The molecular formula is C15H11ClFN3O2S. The van der Waals surface area contributed by atoms with Gasteiger partial charge in [-0.3, -0.25) is 4.72 Å². The van der Waals surface area contributed by atoms with Crippen molar-refractivity contribution in [1.29, 1.82) is 0 Å². The molecule has 118 valence electrons. The van der Waals surface area contributed by atoms with Gasteiger partial charge >= 0.3 is 0 Å². The largest absolute Gasteiger partial charge is 0.277 e. The second kappa shape index (κ2) is 6.02. The van der Waals surface area contributed by atoms with Gasteiger partial charge in [0.1, 0.15) is 10.7 Å². The van der Waals surface area contributed by atoms with Gasteiger partial charge in [0.05, 0.1) is 11.4 Å². The molecule has 23 heavy (non-hydrogen) atoms. The Hall–Kier alpha value is -2.38. The minimum Gasteiger partial charge on any atom is -0.277 e. The quantitative estimate of drug-likeness (QED) is 0.782. The molecule has 0 aliphatic rings. The molecule has 8 heteroatoms. The van der Waals surface area contributed by atoms with Gasteiger partial charge in [-0.1, -0.05) is 23.7 Å². The molecule has 0 radical (unpaired) electrons. The van der Waals surface area contributed by atoms with E-state index < -0.39 is 20.7 Å². The summed E-state index contributed by atoms with van der Waals surface area (Å²) in [4.78, 5) is -0.475. The molecule has 0 aliphatic carbocycles. The Labute approximate surface area is 137 Å². The van der Waals surface area contributed by atoms with Crippen molar-refractivity contribution < 1.29 is 12.8 Å². The van der Waals surface area contributed by atoms with Gasteiger partial charge in [0.2, 0.25) is 0 Å². The number of hydrogen-bond acceptors (Lipinski definition) is 3. The van der Waals surface area contributed by atoms with Crippen molar-refractivity contribution in [2.24, 2.45) is 0 Å². The first kappa shape index (κ1) is 15.5. The van der Waals surface area contributed by atoms with Gasteiger partial charge in [-0.25, -0.2) is 17.5 Å². The van der Waals surface area contributed by atoms with Crippen LogP contribution < -0.4 is 4.72 Å². The van der Waals surface area contributed by atoms with Crippen molar-refractivity contribution in [2.75, 3.05) is 4.72 Å². The predicted molar refractivity (Wildman–Crippen MR) is 85.8 cm³/mol. The highest BCUT2D eigenvalue weighted by Crippen LogP contribution is 2.25. The lowest BCUT2D eigenvalue weighted by Crippen LogP contribution is -2.16. The smallest absolute Gasteiger partial charge is 0.264 e. The average Bonchev–Trinajstić information content (AvgIpc) is 3.01. The number of nitrogens with zero attached hydrogens (tertiary/aromatic N) is 2. The van der Waals surface area contributed by atoms with E-state index in [4.69, 9.17) is 11.6 Å². The molecule has 0 atom stereocenters. The molecule has 3 rings (SSSR count). The predicted octanol–water partition coefficient (Wildman–Crippen LogP) is 3.47. The molecule has 0 fully saturated rings. The number of anilines is 1. The van der Waals surface area contributed by atoms with Gasteiger partial charge in [-0.15, -0.1) is 0 Å². The second-order valence-electron chi connectivity index (χ2n) is 4.65. The summed E-state index contributed by atoms with van der Waals surface area (Å²) in [5.74, 6) is -0.915. The Morgan fingerprint density at radius 1 is 1.13 bits per heavy atom. The number of para-hydroxylation sites is 2. The van der Waals surface area contributed by atoms with E-state index in [1.165, 1.54) is 10.7 Å². The van der Waals surface area contributed by atoms with Crippen LogP contribution in [0.15, 0.2) is 65.8 Å². The third kappa shape index (κ3) is 3.20. The number of halogens is 2. The van der Waals surface area contributed by atoms with Crippen molar-refractivity contribution in [1.82, 2.24) is 9.78 Å². The van der Waals surface area contributed by atoms with E-state index in [0.29, 0.717) is 5.69 Å². The first-order chi connectivity index (χ1) is 11.0. The Kier molecular flexibility index (Phi) is 4.06. The number of nitrogens with one attached hydrogen (secondary N) is 1. The van der Waals surface area contributed by atoms with Gasteiger partial charge in [0.25, 0.3) is 10.0 Å². The highest BCUT2D eigenvalue weighted by Gasteiger charge is 2.21. The van der Waals surface area contributed by atoms with Crippen molar-refractivity contribution in [3.63, 3.8) is 0 Å². The summed E-state index contributed by atoms with van der Waals surface area (Å²) >= 11 is 5.65. The topological polar surface area (TPSA) is 64.0 Å². The fraction of sp³-hybridized carbons (Fsp3) is 0. The zero-order valence-corrected chi connectivity index (χ0v) is 13.2. The molecule has 0 aliphatic heterocycles. The maximum Gasteiger partial charge on any atom is 0.264 e. The summed E-state index contributed by atoms with van der Waals surface area (Å²) in [6.07, 6.45) is 3.25. The minimum atomic E-state index is -4.10. The van der Waals surface area contributed by atoms with E-state index in [1.807, 2.05) is 0 Å². The Balaban J connectivity index is 2.02. The van der Waals surface area contributed by atoms with Crippen molar-refractivity contribution in [2.45, 2.75) is 4.90 Å². The van der Waals surface area contributed by atoms with Gasteiger partial charge in [0, 0.05) is 17.4 Å². The first-order valence-electron chi connectivity index (χ1n) is 6.54. The standard InChI is InChI=1S/C15H11ClFN3O2S/c16-11-6-7-15(12(17)10-11)23(21,22)19-13-4-1-2-5-14(13)20-9-3-8-18-20/h1-10,19H. The highest BCUT2D eigenvalue weighted by molar-refractivity contribution is 7.92. The summed E-state index contributed by atoms with van der Waals surface area (Å²) in [5.41, 5.74) is 0.806. The van der Waals surface area contributed by atoms with Crippen LogP contribution in [0.4, 0.5) is 10.1 Å². The molecule has 1 aromatic heterocycles. The van der Waals surface area contributed by atoms with Crippen LogP contribution in [0.2, 0.25) is 5.02 Å². The molecule has 0 spiro atoms. The van der Waals surface area contributed by atoms with E-state index in [9.17, 15) is 12.8 Å². The molecule has 0 unspecified atom stereocenters. The van der Waals surface area contributed by atoms with Crippen molar-refractivity contribution in [3.05, 3.63) is 71.8 Å². The van der Waals surface area contributed by atoms with Gasteiger partial charge in [-0.2, -0.15) is 5.10 Å². The summed E-state index contributed by atoms with van der Waals surface area (Å²) in [6.45, 7) is 0. The molecule has 3 aromatic rings. The molecule has 0 saturated heterocycles. The van der Waals surface area contributed by atoms with Gasteiger partial charge < -0.3 is 0 Å². The average molecular weight is 352 g/mol. The van der Waals surface area contributed by atoms with Gasteiger partial charge in [-0.05, 0) is 36.4 Å². The summed E-state index contributed by atoms with van der Waals surface area (Å²) in [6, 6.07) is 11.8. The third-order valence-corrected chi connectivity index (χ3v) is 4.72. The highest BCUT2D eigenvalue weighted by atomic mass is 35.5. The SMILES string of the molecule is O=S(=O)(Nc1ccccc1-n1cccn1)c1ccc(Cl)cc1F. The molecule has 2 aromatic carbocycles. The fourth-order valence-electron chi connectivity index (χ4n) is 2.06. The third-order valence-electron chi connectivity index (χ3n) is 3.08. The van der Waals surface area contributed by atoms with Crippen LogP contribution >= 0.6 is 11.6 Å². The lowest BCUT2D eigenvalue weighted by Gasteiger charge is -2.13. The molecule has 1 N–H and O–H groups in total. The minimum absolute atomic E-state index is 0.124. The Morgan fingerprint density at radius 3 is 2.61 bits per heavy atom. The van der Waals surface area contributed by atoms with Crippen LogP contribution in [0.1, 0.15) is 0 Å². The number of benzene rings is 2. The zero-order valence-electron chi connectivity index (χ0n) is 11.6. The summed E-state index contributed by atoms with van der Waals surface area (Å²) < 4.78 is 42.7. The first-order valence-corrected chi connectivity index (χ1v) is 8.40. The van der Waals surface area contributed by atoms with Crippen molar-refractivity contribution in [3.8, 4) is 5.69 Å². The molecular weight excluding hydrogens is 341 g/mol. The number of aromatic nitrogens is 2. The van der Waals surface area contributed by atoms with Crippen LogP contribution in [0.25, 0.3) is 5.69 Å². The maximum absolute atomic E-state index is 13.9. The van der Waals surface area contributed by atoms with Crippen LogP contribution in [0.5, 0.6) is 0 Å². The van der Waals surface area contributed by atoms with Crippen LogP contribution in [0, 0.1) is 5.82 Å². The molecule has 0 bridgehead atoms. The van der Waals surface area contributed by atoms with Gasteiger partial charge in [0.15, 0.2) is 0 Å². The molecule has 1 heterocycles. The van der Waals surface area contributed by atoms with E-state index in [1.54, 1.807) is 42.7 Å². The normalized spacial score (nSPS) is 11.4. The maximum atomic E-state index is 13.9. The van der Waals surface area contributed by atoms with E-state index in [0.717, 1.165) is 12.1 Å². The van der Waals surface area contributed by atoms with Crippen LogP contribution in [0.3, 0.4) is 0 Å². The second-order valence-corrected chi connectivity index (χ2v) is 6.74. The lowest BCUT2D eigenvalue weighted by atomic mass is 10.3. The number of sulfonamides is 1. The Morgan fingerprint density at radius 2 is 1.91 bits per heavy atom. The fourth-order valence-corrected chi connectivity index (χ4v) is 3.36.